The van der Waals surface area contributed by atoms with E-state index in [4.69, 9.17) is 4.74 Å². The van der Waals surface area contributed by atoms with Crippen LogP contribution in [-0.2, 0) is 9.59 Å². The van der Waals surface area contributed by atoms with E-state index < -0.39 is 0 Å². The highest BCUT2D eigenvalue weighted by Crippen LogP contribution is 2.16. The van der Waals surface area contributed by atoms with Crippen molar-refractivity contribution in [3.05, 3.63) is 24.3 Å². The van der Waals surface area contributed by atoms with Crippen LogP contribution in [0.15, 0.2) is 24.3 Å². The summed E-state index contributed by atoms with van der Waals surface area (Å²) in [5, 5.41) is 2.91. The van der Waals surface area contributed by atoms with Crippen molar-refractivity contribution in [1.82, 2.24) is 9.80 Å². The summed E-state index contributed by atoms with van der Waals surface area (Å²) in [7, 11) is 1.61. The van der Waals surface area contributed by atoms with E-state index in [-0.39, 0.29) is 17.9 Å². The van der Waals surface area contributed by atoms with Crippen molar-refractivity contribution < 1.29 is 14.3 Å². The summed E-state index contributed by atoms with van der Waals surface area (Å²) in [6.07, 6.45) is 0. The lowest BCUT2D eigenvalue weighted by Crippen LogP contribution is -2.53. The zero-order valence-electron chi connectivity index (χ0n) is 13.3. The fourth-order valence-electron chi connectivity index (χ4n) is 2.51. The van der Waals surface area contributed by atoms with Crippen LogP contribution in [0, 0.1) is 0 Å². The Kier molecular flexibility index (Phi) is 5.38. The van der Waals surface area contributed by atoms with Gasteiger partial charge >= 0.3 is 0 Å². The number of benzene rings is 1. The maximum absolute atomic E-state index is 12.3. The number of hydrogen-bond donors (Lipinski definition) is 1. The number of carbonyl (C=O) groups is 2. The molecule has 1 atom stereocenters. The summed E-state index contributed by atoms with van der Waals surface area (Å²) in [5.41, 5.74) is 0.750. The Hall–Kier alpha value is -2.08. The molecule has 1 aromatic carbocycles. The molecule has 1 aliphatic heterocycles. The van der Waals surface area contributed by atoms with Gasteiger partial charge in [-0.25, -0.2) is 0 Å². The Labute approximate surface area is 131 Å². The lowest BCUT2D eigenvalue weighted by molar-refractivity contribution is -0.131. The lowest BCUT2D eigenvalue weighted by atomic mass is 10.2. The maximum Gasteiger partial charge on any atom is 0.241 e. The van der Waals surface area contributed by atoms with Gasteiger partial charge in [-0.2, -0.15) is 0 Å². The molecular weight excluding hydrogens is 282 g/mol. The van der Waals surface area contributed by atoms with E-state index in [2.05, 4.69) is 10.2 Å². The second kappa shape index (κ2) is 7.26. The molecular formula is C16H23N3O3. The van der Waals surface area contributed by atoms with Gasteiger partial charge in [0.25, 0.3) is 0 Å². The first-order valence-corrected chi connectivity index (χ1v) is 7.45. The number of hydrogen-bond acceptors (Lipinski definition) is 4. The topological polar surface area (TPSA) is 61.9 Å². The number of amides is 2. The first-order chi connectivity index (χ1) is 10.5. The van der Waals surface area contributed by atoms with Gasteiger partial charge in [-0.15, -0.1) is 0 Å². The number of nitrogens with one attached hydrogen (secondary N) is 1. The van der Waals surface area contributed by atoms with Crippen LogP contribution >= 0.6 is 0 Å². The standard InChI is InChI=1S/C16H23N3O3/c1-12(18-8-10-19(11-9-18)13(2)20)16(21)17-14-4-6-15(22-3)7-5-14/h4-7,12H,8-11H2,1-3H3,(H,17,21)/t12-/m1/s1. The van der Waals surface area contributed by atoms with Crippen LogP contribution in [-0.4, -0.2) is 60.9 Å². The molecule has 6 nitrogen and oxygen atoms in total. The van der Waals surface area contributed by atoms with Crippen LogP contribution in [0.3, 0.4) is 0 Å². The summed E-state index contributed by atoms with van der Waals surface area (Å²) < 4.78 is 5.09. The molecule has 1 aromatic rings. The van der Waals surface area contributed by atoms with Gasteiger partial charge in [0.2, 0.25) is 11.8 Å². The zero-order valence-corrected chi connectivity index (χ0v) is 13.3. The van der Waals surface area contributed by atoms with Gasteiger partial charge in [0.05, 0.1) is 13.2 Å². The number of piperazine rings is 1. The van der Waals surface area contributed by atoms with Crippen molar-refractivity contribution in [1.29, 1.82) is 0 Å². The fourth-order valence-corrected chi connectivity index (χ4v) is 2.51. The fraction of sp³-hybridized carbons (Fsp3) is 0.500. The zero-order chi connectivity index (χ0) is 16.1. The Bertz CT molecular complexity index is 522. The molecule has 22 heavy (non-hydrogen) atoms. The maximum atomic E-state index is 12.3. The van der Waals surface area contributed by atoms with E-state index in [1.165, 1.54) is 0 Å². The number of anilines is 1. The first kappa shape index (κ1) is 16.3. The minimum Gasteiger partial charge on any atom is -0.497 e. The Morgan fingerprint density at radius 2 is 1.73 bits per heavy atom. The molecule has 0 saturated carbocycles. The second-order valence-electron chi connectivity index (χ2n) is 5.44. The second-order valence-corrected chi connectivity index (χ2v) is 5.44. The molecule has 1 fully saturated rings. The Balaban J connectivity index is 1.88. The quantitative estimate of drug-likeness (QED) is 0.907. The Morgan fingerprint density at radius 3 is 2.23 bits per heavy atom. The van der Waals surface area contributed by atoms with Gasteiger partial charge in [0, 0.05) is 38.8 Å². The van der Waals surface area contributed by atoms with E-state index in [0.29, 0.717) is 13.1 Å². The third kappa shape index (κ3) is 3.98. The highest BCUT2D eigenvalue weighted by molar-refractivity contribution is 5.94. The van der Waals surface area contributed by atoms with E-state index >= 15 is 0 Å². The van der Waals surface area contributed by atoms with Gasteiger partial charge in [0.15, 0.2) is 0 Å². The molecule has 0 bridgehead atoms. The van der Waals surface area contributed by atoms with Gasteiger partial charge in [-0.1, -0.05) is 0 Å². The smallest absolute Gasteiger partial charge is 0.241 e. The number of methoxy groups -OCH3 is 1. The van der Waals surface area contributed by atoms with Crippen molar-refractivity contribution in [2.75, 3.05) is 38.6 Å². The van der Waals surface area contributed by atoms with Crippen LogP contribution in [0.25, 0.3) is 0 Å². The van der Waals surface area contributed by atoms with E-state index in [9.17, 15) is 9.59 Å². The SMILES string of the molecule is COc1ccc(NC(=O)[C@@H](C)N2CCN(C(C)=O)CC2)cc1. The molecule has 1 N–H and O–H groups in total. The van der Waals surface area contributed by atoms with Crippen molar-refractivity contribution in [2.24, 2.45) is 0 Å². The monoisotopic (exact) mass is 305 g/mol. The van der Waals surface area contributed by atoms with E-state index in [0.717, 1.165) is 24.5 Å². The molecule has 6 heteroatoms. The minimum atomic E-state index is -0.226. The van der Waals surface area contributed by atoms with Crippen LogP contribution in [0.1, 0.15) is 13.8 Å². The Morgan fingerprint density at radius 1 is 1.14 bits per heavy atom. The number of nitrogens with zero attached hydrogens (tertiary/aromatic N) is 2. The molecule has 0 aliphatic carbocycles. The van der Waals surface area contributed by atoms with Crippen molar-refractivity contribution >= 4 is 17.5 Å². The number of ether oxygens (including phenoxy) is 1. The van der Waals surface area contributed by atoms with Crippen LogP contribution in [0.2, 0.25) is 0 Å². The van der Waals surface area contributed by atoms with Crippen molar-refractivity contribution in [2.45, 2.75) is 19.9 Å². The van der Waals surface area contributed by atoms with Gasteiger partial charge in [-0.05, 0) is 31.2 Å². The summed E-state index contributed by atoms with van der Waals surface area (Å²) in [6, 6.07) is 7.03. The molecule has 120 valence electrons. The molecule has 2 amide bonds. The molecule has 1 saturated heterocycles. The van der Waals surface area contributed by atoms with Crippen molar-refractivity contribution in [3.8, 4) is 5.75 Å². The normalized spacial score (nSPS) is 17.0. The predicted molar refractivity (Wildman–Crippen MR) is 84.9 cm³/mol. The highest BCUT2D eigenvalue weighted by Gasteiger charge is 2.26. The largest absolute Gasteiger partial charge is 0.497 e. The predicted octanol–water partition coefficient (Wildman–Crippen LogP) is 1.19. The highest BCUT2D eigenvalue weighted by atomic mass is 16.5. The third-order valence-corrected chi connectivity index (χ3v) is 4.04. The average Bonchev–Trinajstić information content (AvgIpc) is 2.55. The summed E-state index contributed by atoms with van der Waals surface area (Å²) in [5.74, 6) is 0.808. The number of carbonyl (C=O) groups excluding carboxylic acids is 2. The summed E-state index contributed by atoms with van der Waals surface area (Å²) in [4.78, 5) is 27.5. The lowest BCUT2D eigenvalue weighted by Gasteiger charge is -2.37. The minimum absolute atomic E-state index is 0.0403. The molecule has 1 aliphatic rings. The molecule has 0 spiro atoms. The van der Waals surface area contributed by atoms with Gasteiger partial charge in [-0.3, -0.25) is 14.5 Å². The van der Waals surface area contributed by atoms with Crippen LogP contribution < -0.4 is 10.1 Å². The summed E-state index contributed by atoms with van der Waals surface area (Å²) in [6.45, 7) is 6.26. The van der Waals surface area contributed by atoms with Crippen LogP contribution in [0.4, 0.5) is 5.69 Å². The molecule has 0 radical (unpaired) electrons. The van der Waals surface area contributed by atoms with E-state index in [1.807, 2.05) is 36.1 Å². The average molecular weight is 305 g/mol. The molecule has 0 unspecified atom stereocenters. The molecule has 2 rings (SSSR count). The molecule has 0 aromatic heterocycles. The molecule has 1 heterocycles. The summed E-state index contributed by atoms with van der Waals surface area (Å²) >= 11 is 0. The van der Waals surface area contributed by atoms with Gasteiger partial charge in [0.1, 0.15) is 5.75 Å². The van der Waals surface area contributed by atoms with Crippen molar-refractivity contribution in [3.63, 3.8) is 0 Å². The van der Waals surface area contributed by atoms with Gasteiger partial charge < -0.3 is 15.0 Å². The number of rotatable bonds is 4. The van der Waals surface area contributed by atoms with Crippen LogP contribution in [0.5, 0.6) is 5.75 Å². The van der Waals surface area contributed by atoms with E-state index in [1.54, 1.807) is 14.0 Å². The first-order valence-electron chi connectivity index (χ1n) is 7.45. The third-order valence-electron chi connectivity index (χ3n) is 4.04.